The smallest absolute Gasteiger partial charge is 0.192 e. The average molecular weight is 453 g/mol. The van der Waals surface area contributed by atoms with Gasteiger partial charge in [-0.3, -0.25) is 0 Å². The van der Waals surface area contributed by atoms with E-state index in [1.807, 2.05) is 25.1 Å². The summed E-state index contributed by atoms with van der Waals surface area (Å²) in [5, 5.41) is 9.88. The van der Waals surface area contributed by atoms with Crippen molar-refractivity contribution in [1.29, 1.82) is 0 Å². The lowest BCUT2D eigenvalue weighted by molar-refractivity contribution is 0.125. The van der Waals surface area contributed by atoms with Crippen molar-refractivity contribution in [3.8, 4) is 11.5 Å². The zero-order valence-electron chi connectivity index (χ0n) is 18.5. The predicted octanol–water partition coefficient (Wildman–Crippen LogP) is 3.28. The van der Waals surface area contributed by atoms with Crippen molar-refractivity contribution in [2.24, 2.45) is 5.16 Å². The van der Waals surface area contributed by atoms with Gasteiger partial charge in [-0.25, -0.2) is 14.5 Å². The fourth-order valence-electron chi connectivity index (χ4n) is 3.93. The molecule has 4 heterocycles. The monoisotopic (exact) mass is 452 g/mol. The van der Waals surface area contributed by atoms with Crippen molar-refractivity contribution < 1.29 is 14.3 Å². The summed E-state index contributed by atoms with van der Waals surface area (Å²) in [7, 11) is 5.36. The molecule has 0 radical (unpaired) electrons. The van der Waals surface area contributed by atoms with Crippen molar-refractivity contribution in [1.82, 2.24) is 24.5 Å². The van der Waals surface area contributed by atoms with Crippen LogP contribution in [0.25, 0.3) is 15.9 Å². The van der Waals surface area contributed by atoms with E-state index in [0.29, 0.717) is 17.3 Å². The van der Waals surface area contributed by atoms with E-state index in [-0.39, 0.29) is 6.61 Å². The molecule has 0 bridgehead atoms. The molecule has 10 heteroatoms. The van der Waals surface area contributed by atoms with Crippen LogP contribution >= 0.6 is 11.3 Å². The molecule has 1 aliphatic heterocycles. The fourth-order valence-corrected chi connectivity index (χ4v) is 5.19. The number of hydrogen-bond acceptors (Lipinski definition) is 9. The fraction of sp³-hybridized carbons (Fsp3) is 0.364. The summed E-state index contributed by atoms with van der Waals surface area (Å²) in [6.07, 6.45) is 2.72. The summed E-state index contributed by atoms with van der Waals surface area (Å²) in [6.45, 7) is 4.04. The molecule has 5 rings (SSSR count). The van der Waals surface area contributed by atoms with Crippen molar-refractivity contribution in [3.63, 3.8) is 0 Å². The normalized spacial score (nSPS) is 14.7. The second-order valence-electron chi connectivity index (χ2n) is 7.73. The summed E-state index contributed by atoms with van der Waals surface area (Å²) >= 11 is 1.75. The maximum absolute atomic E-state index is 5.57. The van der Waals surface area contributed by atoms with Crippen LogP contribution in [0.1, 0.15) is 28.8 Å². The molecule has 0 N–H and O–H groups in total. The van der Waals surface area contributed by atoms with Crippen LogP contribution in [0.3, 0.4) is 0 Å². The zero-order valence-corrected chi connectivity index (χ0v) is 19.3. The molecule has 166 valence electrons. The molecule has 1 aliphatic rings. The lowest BCUT2D eigenvalue weighted by atomic mass is 10.1. The minimum absolute atomic E-state index is 0.170. The maximum Gasteiger partial charge on any atom is 0.192 e. The van der Waals surface area contributed by atoms with Crippen LogP contribution in [-0.4, -0.2) is 58.0 Å². The van der Waals surface area contributed by atoms with Gasteiger partial charge in [-0.15, -0.1) is 16.4 Å². The third kappa shape index (κ3) is 3.65. The SMILES string of the molecule is COc1ccc(C(C)=NOCc2nc3c4c5c(sc4ncn3n2)CN(C)CC5)cc1OC. The number of oxime groups is 1. The van der Waals surface area contributed by atoms with E-state index in [1.165, 1.54) is 10.4 Å². The molecule has 9 nitrogen and oxygen atoms in total. The molecular formula is C22H24N6O3S. The van der Waals surface area contributed by atoms with Gasteiger partial charge in [0.05, 0.1) is 25.3 Å². The summed E-state index contributed by atoms with van der Waals surface area (Å²) in [6, 6.07) is 5.62. The minimum Gasteiger partial charge on any atom is -0.493 e. The molecule has 1 aromatic carbocycles. The van der Waals surface area contributed by atoms with Gasteiger partial charge >= 0.3 is 0 Å². The second-order valence-corrected chi connectivity index (χ2v) is 8.82. The Balaban J connectivity index is 1.37. The number of thiophene rings is 1. The molecule has 0 saturated carbocycles. The van der Waals surface area contributed by atoms with Crippen LogP contribution in [0.4, 0.5) is 0 Å². The van der Waals surface area contributed by atoms with E-state index in [1.54, 1.807) is 36.4 Å². The molecule has 0 atom stereocenters. The molecule has 32 heavy (non-hydrogen) atoms. The van der Waals surface area contributed by atoms with Gasteiger partial charge in [-0.1, -0.05) is 5.16 Å². The number of hydrogen-bond donors (Lipinski definition) is 0. The minimum atomic E-state index is 0.170. The third-order valence-electron chi connectivity index (χ3n) is 5.61. The third-order valence-corrected chi connectivity index (χ3v) is 6.73. The van der Waals surface area contributed by atoms with E-state index in [9.17, 15) is 0 Å². The van der Waals surface area contributed by atoms with E-state index in [4.69, 9.17) is 19.3 Å². The first-order valence-corrected chi connectivity index (χ1v) is 11.1. The van der Waals surface area contributed by atoms with Crippen LogP contribution in [0.15, 0.2) is 29.7 Å². The lowest BCUT2D eigenvalue weighted by Gasteiger charge is -2.21. The Kier molecular flexibility index (Phi) is 5.40. The number of ether oxygens (including phenoxy) is 2. The highest BCUT2D eigenvalue weighted by molar-refractivity contribution is 7.19. The molecule has 0 fully saturated rings. The maximum atomic E-state index is 5.57. The number of nitrogens with zero attached hydrogens (tertiary/aromatic N) is 6. The van der Waals surface area contributed by atoms with Gasteiger partial charge in [-0.05, 0) is 44.2 Å². The van der Waals surface area contributed by atoms with E-state index < -0.39 is 0 Å². The van der Waals surface area contributed by atoms with Gasteiger partial charge < -0.3 is 19.2 Å². The molecule has 0 unspecified atom stereocenters. The first-order valence-electron chi connectivity index (χ1n) is 10.3. The largest absolute Gasteiger partial charge is 0.493 e. The topological polar surface area (TPSA) is 86.4 Å². The van der Waals surface area contributed by atoms with Crippen LogP contribution in [0, 0.1) is 0 Å². The van der Waals surface area contributed by atoms with Gasteiger partial charge in [0.15, 0.2) is 29.6 Å². The molecule has 0 aliphatic carbocycles. The van der Waals surface area contributed by atoms with Crippen LogP contribution in [0.2, 0.25) is 0 Å². The summed E-state index contributed by atoms with van der Waals surface area (Å²) in [5.74, 6) is 1.88. The lowest BCUT2D eigenvalue weighted by Crippen LogP contribution is -2.25. The molecular weight excluding hydrogens is 428 g/mol. The van der Waals surface area contributed by atoms with Gasteiger partial charge in [0.1, 0.15) is 11.2 Å². The molecule has 0 saturated heterocycles. The Hall–Kier alpha value is -3.24. The van der Waals surface area contributed by atoms with Gasteiger partial charge in [-0.2, -0.15) is 0 Å². The summed E-state index contributed by atoms with van der Waals surface area (Å²) in [4.78, 5) is 19.6. The first-order chi connectivity index (χ1) is 15.6. The quantitative estimate of drug-likeness (QED) is 0.328. The molecule has 4 aromatic rings. The Labute approximate surface area is 189 Å². The van der Waals surface area contributed by atoms with Crippen LogP contribution < -0.4 is 9.47 Å². The predicted molar refractivity (Wildman–Crippen MR) is 123 cm³/mol. The van der Waals surface area contributed by atoms with Crippen LogP contribution in [-0.2, 0) is 24.4 Å². The summed E-state index contributed by atoms with van der Waals surface area (Å²) in [5.41, 5.74) is 3.78. The zero-order chi connectivity index (χ0) is 22.2. The number of methoxy groups -OCH3 is 2. The standard InChI is InChI=1S/C22H24N6O3S/c1-13(14-5-6-16(29-3)17(9-14)30-4)26-31-11-19-24-21-20-15-7-8-27(2)10-18(15)32-22(20)23-12-28(21)25-19/h5-6,9,12H,7-8,10-11H2,1-4H3. The van der Waals surface area contributed by atoms with Gasteiger partial charge in [0.2, 0.25) is 0 Å². The van der Waals surface area contributed by atoms with Crippen LogP contribution in [0.5, 0.6) is 11.5 Å². The highest BCUT2D eigenvalue weighted by atomic mass is 32.1. The molecule has 3 aromatic heterocycles. The van der Waals surface area contributed by atoms with Crippen molar-refractivity contribution >= 4 is 32.9 Å². The Morgan fingerprint density at radius 2 is 2.06 bits per heavy atom. The van der Waals surface area contributed by atoms with E-state index in [0.717, 1.165) is 46.6 Å². The highest BCUT2D eigenvalue weighted by Crippen LogP contribution is 2.35. The number of likely N-dealkylation sites (N-methyl/N-ethyl adjacent to an activating group) is 1. The first kappa shape index (κ1) is 20.7. The number of rotatable bonds is 6. The Morgan fingerprint density at radius 1 is 1.22 bits per heavy atom. The van der Waals surface area contributed by atoms with E-state index in [2.05, 4.69) is 27.2 Å². The summed E-state index contributed by atoms with van der Waals surface area (Å²) < 4.78 is 12.4. The number of benzene rings is 1. The molecule has 0 amide bonds. The Morgan fingerprint density at radius 3 is 2.88 bits per heavy atom. The van der Waals surface area contributed by atoms with E-state index >= 15 is 0 Å². The number of aromatic nitrogens is 4. The van der Waals surface area contributed by atoms with Crippen molar-refractivity contribution in [2.75, 3.05) is 27.8 Å². The highest BCUT2D eigenvalue weighted by Gasteiger charge is 2.22. The molecule has 0 spiro atoms. The van der Waals surface area contributed by atoms with Gasteiger partial charge in [0.25, 0.3) is 0 Å². The van der Waals surface area contributed by atoms with Crippen molar-refractivity contribution in [2.45, 2.75) is 26.5 Å². The van der Waals surface area contributed by atoms with Gasteiger partial charge in [0, 0.05) is 23.5 Å². The Bertz CT molecular complexity index is 1330. The van der Waals surface area contributed by atoms with Crippen molar-refractivity contribution in [3.05, 3.63) is 46.4 Å². The number of fused-ring (bicyclic) bond motifs is 5. The average Bonchev–Trinajstić information content (AvgIpc) is 3.38. The second kappa shape index (κ2) is 8.36.